The molecule has 4 nitrogen and oxygen atoms in total. The van der Waals surface area contributed by atoms with E-state index in [-0.39, 0.29) is 23.0 Å². The van der Waals surface area contributed by atoms with Crippen LogP contribution in [0.1, 0.15) is 39.0 Å². The van der Waals surface area contributed by atoms with Crippen molar-refractivity contribution in [3.05, 3.63) is 34.6 Å². The third kappa shape index (κ3) is 2.30. The molecule has 4 fully saturated rings. The van der Waals surface area contributed by atoms with E-state index < -0.39 is 0 Å². The van der Waals surface area contributed by atoms with Crippen molar-refractivity contribution >= 4 is 23.7 Å². The molecule has 0 spiro atoms. The number of nitrogens with zero attached hydrogens (tertiary/aromatic N) is 1. The van der Waals surface area contributed by atoms with E-state index in [4.69, 9.17) is 22.1 Å². The molecule has 0 radical (unpaired) electrons. The van der Waals surface area contributed by atoms with Gasteiger partial charge in [0.15, 0.2) is 0 Å². The van der Waals surface area contributed by atoms with Gasteiger partial charge in [-0.15, -0.1) is 0 Å². The lowest BCUT2D eigenvalue weighted by molar-refractivity contribution is -0.165. The Kier molecular flexibility index (Phi) is 3.21. The van der Waals surface area contributed by atoms with Gasteiger partial charge in [0.05, 0.1) is 11.0 Å². The van der Waals surface area contributed by atoms with Crippen LogP contribution in [-0.4, -0.2) is 23.3 Å². The lowest BCUT2D eigenvalue weighted by Gasteiger charge is -2.63. The summed E-state index contributed by atoms with van der Waals surface area (Å²) < 4.78 is 6.59. The number of hydrogen-bond acceptors (Lipinski definition) is 3. The average Bonchev–Trinajstić information content (AvgIpc) is 2.54. The smallest absolute Gasteiger partial charge is 0.257 e. The van der Waals surface area contributed by atoms with E-state index >= 15 is 0 Å². The van der Waals surface area contributed by atoms with Gasteiger partial charge in [-0.25, -0.2) is 4.99 Å². The van der Waals surface area contributed by atoms with Crippen LogP contribution in [-0.2, 0) is 9.53 Å². The summed E-state index contributed by atoms with van der Waals surface area (Å²) >= 11 is 6.48. The van der Waals surface area contributed by atoms with E-state index in [1.54, 1.807) is 12.3 Å². The maximum atomic E-state index is 11.9. The highest BCUT2D eigenvalue weighted by Gasteiger charge is 2.60. The third-order valence-corrected chi connectivity index (χ3v) is 7.47. The van der Waals surface area contributed by atoms with Crippen LogP contribution in [0.3, 0.4) is 0 Å². The van der Waals surface area contributed by atoms with Gasteiger partial charge >= 0.3 is 0 Å². The topological polar surface area (TPSA) is 64.7 Å². The second-order valence-electron chi connectivity index (χ2n) is 8.78. The monoisotopic (exact) mass is 358 g/mol. The van der Waals surface area contributed by atoms with Gasteiger partial charge in [-0.3, -0.25) is 4.79 Å². The van der Waals surface area contributed by atoms with Crippen LogP contribution in [0.4, 0.5) is 0 Å². The standard InChI is InChI=1S/C20H23ClN2O2/c1-19(22)13-4-11-5-14(19)10-20(8-11,9-13)25-17-6-12-2-3-23-18(24)15(12)7-16(17)21/h2-3,6-7,11,13-15H,4-5,8-10,22H2,1H3. The van der Waals surface area contributed by atoms with E-state index in [1.165, 1.54) is 12.8 Å². The van der Waals surface area contributed by atoms with Crippen LogP contribution in [0.25, 0.3) is 0 Å². The fraction of sp³-hybridized carbons (Fsp3) is 0.600. The van der Waals surface area contributed by atoms with Gasteiger partial charge in [0.2, 0.25) is 0 Å². The van der Waals surface area contributed by atoms with Crippen molar-refractivity contribution in [2.75, 3.05) is 0 Å². The number of nitrogens with two attached hydrogens (primary N) is 1. The first-order chi connectivity index (χ1) is 11.9. The van der Waals surface area contributed by atoms with Crippen LogP contribution >= 0.6 is 11.6 Å². The summed E-state index contributed by atoms with van der Waals surface area (Å²) in [5.41, 5.74) is 7.36. The number of amides is 1. The van der Waals surface area contributed by atoms with Crippen molar-refractivity contribution in [1.82, 2.24) is 0 Å². The number of halogens is 1. The number of allylic oxidation sites excluding steroid dienone is 3. The van der Waals surface area contributed by atoms with Crippen molar-refractivity contribution in [3.8, 4) is 0 Å². The SMILES string of the molecule is CC1(N)C2CC3CC1CC(OC1=CC4=CC=NC(=O)C4C=C1Cl)(C3)C2. The summed E-state index contributed by atoms with van der Waals surface area (Å²) in [6.45, 7) is 2.23. The van der Waals surface area contributed by atoms with Gasteiger partial charge in [0.25, 0.3) is 5.91 Å². The molecule has 0 aromatic heterocycles. The molecule has 3 unspecified atom stereocenters. The van der Waals surface area contributed by atoms with Gasteiger partial charge in [0, 0.05) is 11.8 Å². The summed E-state index contributed by atoms with van der Waals surface area (Å²) in [6, 6.07) is 0. The lowest BCUT2D eigenvalue weighted by atomic mass is 9.47. The molecular weight excluding hydrogens is 336 g/mol. The third-order valence-electron chi connectivity index (χ3n) is 7.16. The number of rotatable bonds is 2. The van der Waals surface area contributed by atoms with E-state index in [1.807, 2.05) is 12.2 Å². The van der Waals surface area contributed by atoms with Gasteiger partial charge < -0.3 is 10.5 Å². The molecule has 3 atom stereocenters. The molecule has 0 saturated heterocycles. The molecular formula is C20H23ClN2O2. The fourth-order valence-corrected chi connectivity index (χ4v) is 6.12. The maximum Gasteiger partial charge on any atom is 0.257 e. The van der Waals surface area contributed by atoms with Gasteiger partial charge in [-0.1, -0.05) is 11.6 Å². The minimum atomic E-state index is -0.367. The molecule has 4 bridgehead atoms. The Morgan fingerprint density at radius 1 is 1.28 bits per heavy atom. The number of aliphatic imine (C=N–C) groups is 1. The van der Waals surface area contributed by atoms with Crippen molar-refractivity contribution in [2.24, 2.45) is 34.4 Å². The number of carbonyl (C=O) groups excluding carboxylic acids is 1. The zero-order chi connectivity index (χ0) is 17.4. The maximum absolute atomic E-state index is 11.9. The fourth-order valence-electron chi connectivity index (χ4n) is 5.90. The Bertz CT molecular complexity index is 759. The van der Waals surface area contributed by atoms with Gasteiger partial charge in [-0.05, 0) is 80.6 Å². The van der Waals surface area contributed by atoms with Crippen molar-refractivity contribution in [2.45, 2.75) is 50.2 Å². The summed E-state index contributed by atoms with van der Waals surface area (Å²) in [7, 11) is 0. The Morgan fingerprint density at radius 2 is 2.00 bits per heavy atom. The van der Waals surface area contributed by atoms with Crippen molar-refractivity contribution in [1.29, 1.82) is 0 Å². The molecule has 0 aromatic rings. The number of dihydropyridines is 1. The Balaban J connectivity index is 1.45. The van der Waals surface area contributed by atoms with Gasteiger partial charge in [0.1, 0.15) is 11.4 Å². The highest BCUT2D eigenvalue weighted by molar-refractivity contribution is 6.32. The largest absolute Gasteiger partial charge is 0.486 e. The van der Waals surface area contributed by atoms with Crippen molar-refractivity contribution < 1.29 is 9.53 Å². The molecule has 5 heteroatoms. The summed E-state index contributed by atoms with van der Waals surface area (Å²) in [6.07, 6.45) is 12.7. The first-order valence-electron chi connectivity index (χ1n) is 9.22. The molecule has 1 amide bonds. The number of carbonyl (C=O) groups is 1. The van der Waals surface area contributed by atoms with Crippen LogP contribution in [0.5, 0.6) is 0 Å². The molecule has 6 aliphatic rings. The average molecular weight is 359 g/mol. The molecule has 6 rings (SSSR count). The molecule has 4 saturated carbocycles. The predicted octanol–water partition coefficient (Wildman–Crippen LogP) is 3.47. The van der Waals surface area contributed by atoms with Crippen LogP contribution in [0, 0.1) is 23.7 Å². The molecule has 0 aromatic carbocycles. The summed E-state index contributed by atoms with van der Waals surface area (Å²) in [4.78, 5) is 15.8. The predicted molar refractivity (Wildman–Crippen MR) is 97.1 cm³/mol. The Hall–Kier alpha value is -1.39. The molecule has 132 valence electrons. The second kappa shape index (κ2) is 5.08. The first kappa shape index (κ1) is 15.8. The Labute approximate surface area is 152 Å². The van der Waals surface area contributed by atoms with E-state index in [2.05, 4.69) is 11.9 Å². The molecule has 2 N–H and O–H groups in total. The highest BCUT2D eigenvalue weighted by Crippen LogP contribution is 2.61. The molecule has 25 heavy (non-hydrogen) atoms. The van der Waals surface area contributed by atoms with Crippen molar-refractivity contribution in [3.63, 3.8) is 0 Å². The highest BCUT2D eigenvalue weighted by atomic mass is 35.5. The number of fused-ring (bicyclic) bond motifs is 1. The second-order valence-corrected chi connectivity index (χ2v) is 9.19. The van der Waals surface area contributed by atoms with Crippen LogP contribution < -0.4 is 5.73 Å². The molecule has 5 aliphatic carbocycles. The van der Waals surface area contributed by atoms with E-state index in [0.717, 1.165) is 30.8 Å². The minimum Gasteiger partial charge on any atom is -0.486 e. The summed E-state index contributed by atoms with van der Waals surface area (Å²) in [5, 5.41) is 0.527. The lowest BCUT2D eigenvalue weighted by Crippen LogP contribution is -2.66. The first-order valence-corrected chi connectivity index (χ1v) is 9.59. The molecule has 1 heterocycles. The van der Waals surface area contributed by atoms with Crippen LogP contribution in [0.2, 0.25) is 0 Å². The van der Waals surface area contributed by atoms with Gasteiger partial charge in [-0.2, -0.15) is 0 Å². The molecule has 1 aliphatic heterocycles. The zero-order valence-corrected chi connectivity index (χ0v) is 15.1. The minimum absolute atomic E-state index is 0.0652. The normalized spacial score (nSPS) is 47.2. The number of ether oxygens (including phenoxy) is 1. The number of hydrogen-bond donors (Lipinski definition) is 1. The van der Waals surface area contributed by atoms with E-state index in [0.29, 0.717) is 22.6 Å². The quantitative estimate of drug-likeness (QED) is 0.822. The zero-order valence-electron chi connectivity index (χ0n) is 14.4. The van der Waals surface area contributed by atoms with E-state index in [9.17, 15) is 4.79 Å². The Morgan fingerprint density at radius 3 is 2.72 bits per heavy atom. The van der Waals surface area contributed by atoms with Crippen LogP contribution in [0.15, 0.2) is 39.6 Å². The summed E-state index contributed by atoms with van der Waals surface area (Å²) in [5.74, 6) is 1.94.